The molecule has 8 heteroatoms. The van der Waals surface area contributed by atoms with Crippen molar-refractivity contribution >= 4 is 46.2 Å². The summed E-state index contributed by atoms with van der Waals surface area (Å²) < 4.78 is 22.3. The Labute approximate surface area is 325 Å². The zero-order valence-corrected chi connectivity index (χ0v) is 34.8. The molecule has 0 spiro atoms. The number of para-hydroxylation sites is 2. The van der Waals surface area contributed by atoms with E-state index in [-0.39, 0.29) is 25.9 Å². The molecule has 0 aliphatic rings. The van der Waals surface area contributed by atoms with Crippen molar-refractivity contribution in [2.45, 2.75) is 66.1 Å². The average Bonchev–Trinajstić information content (AvgIpc) is 3.71. The van der Waals surface area contributed by atoms with Crippen molar-refractivity contribution in [2.24, 2.45) is 0 Å². The molecule has 0 amide bonds. The molecular formula is C45H43FIrN4OSi-2. The summed E-state index contributed by atoms with van der Waals surface area (Å²) in [4.78, 5) is 14.2. The molecule has 8 rings (SSSR count). The maximum Gasteiger partial charge on any atom is 0.120 e. The minimum absolute atomic E-state index is 0. The molecular weight excluding hydrogens is 852 g/mol. The maximum atomic E-state index is 13.5. The first-order chi connectivity index (χ1) is 24.9. The van der Waals surface area contributed by atoms with E-state index >= 15 is 0 Å². The van der Waals surface area contributed by atoms with Crippen molar-refractivity contribution in [3.63, 3.8) is 0 Å². The van der Waals surface area contributed by atoms with Crippen LogP contribution in [0, 0.1) is 24.9 Å². The molecule has 271 valence electrons. The molecule has 4 heterocycles. The standard InChI is InChI=1S/C31H28N3O.C14H15FNSi.Ir/c1-18(2)21-11-8-12-22(19(3)4)29(21)34-28-20(5)32-17-16-26(28)33-31(34)25-14-9-13-24-23-10-6-7-15-27(23)35-30(24)25;1-17(2,3)11-8-9-14(16-10-11)12-6-4-5-7-13(12)15;/h6-13,15-19H,1-5H3;4-5,7-10H,1-3H3;/q2*-1;. The second kappa shape index (κ2) is 15.3. The molecule has 4 aromatic heterocycles. The molecule has 4 aromatic carbocycles. The summed E-state index contributed by atoms with van der Waals surface area (Å²) in [5.41, 5.74) is 10.3. The van der Waals surface area contributed by atoms with Crippen LogP contribution in [0.25, 0.3) is 61.3 Å². The van der Waals surface area contributed by atoms with E-state index < -0.39 is 8.07 Å². The van der Waals surface area contributed by atoms with E-state index in [1.54, 1.807) is 12.1 Å². The monoisotopic (exact) mass is 895 g/mol. The van der Waals surface area contributed by atoms with Crippen LogP contribution in [0.15, 0.2) is 108 Å². The Kier molecular flexibility index (Phi) is 11.0. The number of furan rings is 1. The van der Waals surface area contributed by atoms with Gasteiger partial charge in [0.2, 0.25) is 0 Å². The topological polar surface area (TPSA) is 56.7 Å². The van der Waals surface area contributed by atoms with Gasteiger partial charge >= 0.3 is 0 Å². The minimum atomic E-state index is -1.34. The molecule has 0 fully saturated rings. The summed E-state index contributed by atoms with van der Waals surface area (Å²) in [5.74, 6) is 1.24. The smallest absolute Gasteiger partial charge is 0.120 e. The molecule has 5 nitrogen and oxygen atoms in total. The number of rotatable bonds is 6. The number of hydrogen-bond donors (Lipinski definition) is 0. The van der Waals surface area contributed by atoms with Crippen LogP contribution in [0.4, 0.5) is 4.39 Å². The summed E-state index contributed by atoms with van der Waals surface area (Å²) in [6.45, 7) is 17.8. The van der Waals surface area contributed by atoms with E-state index in [1.807, 2.05) is 48.8 Å². The van der Waals surface area contributed by atoms with Crippen molar-refractivity contribution in [3.05, 3.63) is 138 Å². The predicted molar refractivity (Wildman–Crippen MR) is 215 cm³/mol. The second-order valence-corrected chi connectivity index (χ2v) is 20.0. The largest absolute Gasteiger partial charge is 0.501 e. The van der Waals surface area contributed by atoms with Crippen LogP contribution in [0.2, 0.25) is 19.6 Å². The zero-order chi connectivity index (χ0) is 36.7. The summed E-state index contributed by atoms with van der Waals surface area (Å²) in [6, 6.07) is 35.9. The van der Waals surface area contributed by atoms with Crippen LogP contribution in [0.5, 0.6) is 0 Å². The predicted octanol–water partition coefficient (Wildman–Crippen LogP) is 11.6. The Morgan fingerprint density at radius 2 is 1.47 bits per heavy atom. The summed E-state index contributed by atoms with van der Waals surface area (Å²) in [5, 5.41) is 3.45. The van der Waals surface area contributed by atoms with E-state index in [0.29, 0.717) is 23.1 Å². The van der Waals surface area contributed by atoms with Gasteiger partial charge in [-0.05, 0) is 52.9 Å². The van der Waals surface area contributed by atoms with Crippen LogP contribution >= 0.6 is 0 Å². The fourth-order valence-corrected chi connectivity index (χ4v) is 7.83. The van der Waals surface area contributed by atoms with E-state index in [0.717, 1.165) is 50.1 Å². The summed E-state index contributed by atoms with van der Waals surface area (Å²) in [6.07, 6.45) is 3.70. The molecule has 1 radical (unpaired) electrons. The van der Waals surface area contributed by atoms with Gasteiger partial charge in [0, 0.05) is 49.4 Å². The molecule has 0 atom stereocenters. The van der Waals surface area contributed by atoms with Gasteiger partial charge < -0.3 is 14.0 Å². The molecule has 8 aromatic rings. The Bertz CT molecular complexity index is 2520. The molecule has 0 saturated heterocycles. The number of benzene rings is 4. The van der Waals surface area contributed by atoms with Crippen LogP contribution < -0.4 is 5.19 Å². The van der Waals surface area contributed by atoms with Crippen molar-refractivity contribution in [1.29, 1.82) is 0 Å². The number of aromatic nitrogens is 4. The Morgan fingerprint density at radius 1 is 0.755 bits per heavy atom. The number of pyridine rings is 2. The third kappa shape index (κ3) is 7.28. The molecule has 0 aliphatic carbocycles. The van der Waals surface area contributed by atoms with Crippen LogP contribution in [-0.4, -0.2) is 27.6 Å². The van der Waals surface area contributed by atoms with Gasteiger partial charge in [-0.3, -0.25) is 14.4 Å². The van der Waals surface area contributed by atoms with Crippen molar-refractivity contribution in [3.8, 4) is 28.3 Å². The number of fused-ring (bicyclic) bond motifs is 4. The summed E-state index contributed by atoms with van der Waals surface area (Å²) >= 11 is 0. The van der Waals surface area contributed by atoms with Crippen LogP contribution in [-0.2, 0) is 20.1 Å². The molecule has 0 saturated carbocycles. The van der Waals surface area contributed by atoms with Gasteiger partial charge in [0.1, 0.15) is 5.58 Å². The molecule has 0 N–H and O–H groups in total. The van der Waals surface area contributed by atoms with Gasteiger partial charge in [0.15, 0.2) is 0 Å². The van der Waals surface area contributed by atoms with Gasteiger partial charge in [-0.2, -0.15) is 0 Å². The average molecular weight is 895 g/mol. The first-order valence-electron chi connectivity index (χ1n) is 17.9. The maximum absolute atomic E-state index is 13.5. The molecule has 0 bridgehead atoms. The normalized spacial score (nSPS) is 11.7. The number of hydrogen-bond acceptors (Lipinski definition) is 4. The van der Waals surface area contributed by atoms with Gasteiger partial charge in [0.25, 0.3) is 0 Å². The summed E-state index contributed by atoms with van der Waals surface area (Å²) in [7, 11) is -1.34. The molecule has 0 aliphatic heterocycles. The van der Waals surface area contributed by atoms with E-state index in [1.165, 1.54) is 28.1 Å². The Hall–Kier alpha value is -4.75. The SMILES string of the molecule is C[Si](C)(C)c1ccc(-c2[c-]cccc2F)nc1.Cc1nccc2nc(-c3[c-]ccc4c3oc3ccccc34)n(-c3c(C(C)C)cccc3C(C)C)c12.[Ir]. The molecule has 0 unspecified atom stereocenters. The van der Waals surface area contributed by atoms with E-state index in [2.05, 4.69) is 117 Å². The van der Waals surface area contributed by atoms with Crippen molar-refractivity contribution in [2.75, 3.05) is 0 Å². The number of aryl methyl sites for hydroxylation is 1. The van der Waals surface area contributed by atoms with E-state index in [9.17, 15) is 4.39 Å². The van der Waals surface area contributed by atoms with Gasteiger partial charge in [0.05, 0.1) is 36.2 Å². The number of halogens is 1. The fourth-order valence-electron chi connectivity index (χ4n) is 6.79. The van der Waals surface area contributed by atoms with Crippen LogP contribution in [0.1, 0.15) is 56.4 Å². The number of imidazole rings is 1. The van der Waals surface area contributed by atoms with Crippen molar-refractivity contribution in [1.82, 2.24) is 19.5 Å². The van der Waals surface area contributed by atoms with Gasteiger partial charge in [-0.25, -0.2) is 0 Å². The minimum Gasteiger partial charge on any atom is -0.501 e. The third-order valence-electron chi connectivity index (χ3n) is 9.57. The fraction of sp³-hybridized carbons (Fsp3) is 0.222. The first kappa shape index (κ1) is 38.0. The van der Waals surface area contributed by atoms with Gasteiger partial charge in [-0.15, -0.1) is 42.5 Å². The zero-order valence-electron chi connectivity index (χ0n) is 31.4. The Balaban J connectivity index is 0.000000226. The molecule has 53 heavy (non-hydrogen) atoms. The second-order valence-electron chi connectivity index (χ2n) is 14.9. The van der Waals surface area contributed by atoms with Crippen molar-refractivity contribution < 1.29 is 28.9 Å². The number of nitrogens with zero attached hydrogens (tertiary/aromatic N) is 4. The first-order valence-corrected chi connectivity index (χ1v) is 21.4. The van der Waals surface area contributed by atoms with Crippen LogP contribution in [0.3, 0.4) is 0 Å². The Morgan fingerprint density at radius 3 is 2.13 bits per heavy atom. The van der Waals surface area contributed by atoms with E-state index in [4.69, 9.17) is 9.40 Å². The quantitative estimate of drug-likeness (QED) is 0.123. The third-order valence-corrected chi connectivity index (χ3v) is 11.6. The van der Waals surface area contributed by atoms with Gasteiger partial charge in [-0.1, -0.05) is 112 Å².